The number of rotatable bonds is 5. The van der Waals surface area contributed by atoms with Crippen LogP contribution in [0.3, 0.4) is 0 Å². The van der Waals surface area contributed by atoms with E-state index in [1.165, 1.54) is 0 Å². The molecule has 0 aliphatic carbocycles. The molecule has 0 saturated heterocycles. The molecule has 0 aliphatic heterocycles. The Labute approximate surface area is 113 Å². The first-order chi connectivity index (χ1) is 9.22. The molecule has 0 fully saturated rings. The van der Waals surface area contributed by atoms with Crippen molar-refractivity contribution in [1.82, 2.24) is 0 Å². The van der Waals surface area contributed by atoms with Crippen molar-refractivity contribution in [3.8, 4) is 17.2 Å². The quantitative estimate of drug-likeness (QED) is 0.889. The van der Waals surface area contributed by atoms with E-state index < -0.39 is 0 Å². The summed E-state index contributed by atoms with van der Waals surface area (Å²) in [6, 6.07) is 13.2. The van der Waals surface area contributed by atoms with E-state index in [9.17, 15) is 5.11 Å². The predicted molar refractivity (Wildman–Crippen MR) is 74.8 cm³/mol. The molecule has 0 spiro atoms. The van der Waals surface area contributed by atoms with Crippen LogP contribution in [0, 0.1) is 6.92 Å². The van der Waals surface area contributed by atoms with Gasteiger partial charge in [0.05, 0.1) is 13.2 Å². The van der Waals surface area contributed by atoms with E-state index in [-0.39, 0.29) is 6.61 Å². The first kappa shape index (κ1) is 13.4. The fourth-order valence-electron chi connectivity index (χ4n) is 1.83. The van der Waals surface area contributed by atoms with Crippen LogP contribution in [0.25, 0.3) is 0 Å². The Hall–Kier alpha value is -2.00. The van der Waals surface area contributed by atoms with E-state index >= 15 is 0 Å². The lowest BCUT2D eigenvalue weighted by Crippen LogP contribution is -1.93. The van der Waals surface area contributed by atoms with Crippen LogP contribution in [-0.2, 0) is 6.61 Å². The second kappa shape index (κ2) is 6.25. The summed E-state index contributed by atoms with van der Waals surface area (Å²) >= 11 is 0. The van der Waals surface area contributed by atoms with Gasteiger partial charge >= 0.3 is 0 Å². The zero-order valence-electron chi connectivity index (χ0n) is 11.2. The normalized spacial score (nSPS) is 10.3. The van der Waals surface area contributed by atoms with Gasteiger partial charge in [-0.05, 0) is 44.2 Å². The minimum atomic E-state index is -0.0337. The Kier molecular flexibility index (Phi) is 4.42. The smallest absolute Gasteiger partial charge is 0.132 e. The second-order valence-electron chi connectivity index (χ2n) is 4.28. The molecule has 0 radical (unpaired) electrons. The molecule has 19 heavy (non-hydrogen) atoms. The largest absolute Gasteiger partial charge is 0.494 e. The minimum absolute atomic E-state index is 0.0337. The molecule has 2 aromatic rings. The van der Waals surface area contributed by atoms with Crippen molar-refractivity contribution in [2.75, 3.05) is 6.61 Å². The number of aryl methyl sites for hydroxylation is 1. The van der Waals surface area contributed by atoms with E-state index in [0.29, 0.717) is 12.4 Å². The van der Waals surface area contributed by atoms with Gasteiger partial charge in [0.25, 0.3) is 0 Å². The molecule has 2 rings (SSSR count). The van der Waals surface area contributed by atoms with Crippen LogP contribution in [0.1, 0.15) is 18.1 Å². The molecule has 0 saturated carbocycles. The van der Waals surface area contributed by atoms with Gasteiger partial charge in [0.15, 0.2) is 0 Å². The van der Waals surface area contributed by atoms with Crippen LogP contribution in [0.2, 0.25) is 0 Å². The molecule has 1 N–H and O–H groups in total. The Morgan fingerprint density at radius 1 is 1.00 bits per heavy atom. The predicted octanol–water partition coefficient (Wildman–Crippen LogP) is 3.68. The summed E-state index contributed by atoms with van der Waals surface area (Å²) in [7, 11) is 0. The summed E-state index contributed by atoms with van der Waals surface area (Å²) in [5.74, 6) is 2.22. The molecular formula is C16H18O3. The lowest BCUT2D eigenvalue weighted by atomic mass is 10.1. The van der Waals surface area contributed by atoms with Crippen molar-refractivity contribution in [2.45, 2.75) is 20.5 Å². The maximum Gasteiger partial charge on any atom is 0.132 e. The van der Waals surface area contributed by atoms with Crippen LogP contribution in [0.4, 0.5) is 0 Å². The summed E-state index contributed by atoms with van der Waals surface area (Å²) in [5.41, 5.74) is 1.89. The van der Waals surface area contributed by atoms with E-state index in [4.69, 9.17) is 9.47 Å². The summed E-state index contributed by atoms with van der Waals surface area (Å²) in [6.07, 6.45) is 0. The summed E-state index contributed by atoms with van der Waals surface area (Å²) in [6.45, 7) is 4.55. The van der Waals surface area contributed by atoms with Gasteiger partial charge in [0, 0.05) is 5.56 Å². The van der Waals surface area contributed by atoms with Gasteiger partial charge in [-0.25, -0.2) is 0 Å². The second-order valence-corrected chi connectivity index (χ2v) is 4.28. The zero-order valence-corrected chi connectivity index (χ0v) is 11.2. The Morgan fingerprint density at radius 3 is 2.32 bits per heavy atom. The lowest BCUT2D eigenvalue weighted by Gasteiger charge is -2.11. The first-order valence-electron chi connectivity index (χ1n) is 6.34. The molecule has 0 amide bonds. The van der Waals surface area contributed by atoms with Crippen LogP contribution < -0.4 is 9.47 Å². The van der Waals surface area contributed by atoms with Gasteiger partial charge in [0.1, 0.15) is 17.2 Å². The van der Waals surface area contributed by atoms with Crippen molar-refractivity contribution < 1.29 is 14.6 Å². The fraction of sp³-hybridized carbons (Fsp3) is 0.250. The molecule has 0 aliphatic rings. The SMILES string of the molecule is CCOc1ccc(Oc2ccc(C)cc2CO)cc1. The average Bonchev–Trinajstić information content (AvgIpc) is 2.43. The highest BCUT2D eigenvalue weighted by molar-refractivity contribution is 5.41. The highest BCUT2D eigenvalue weighted by Crippen LogP contribution is 2.27. The van der Waals surface area contributed by atoms with Crippen LogP contribution >= 0.6 is 0 Å². The maximum absolute atomic E-state index is 9.33. The number of aliphatic hydroxyl groups excluding tert-OH is 1. The Morgan fingerprint density at radius 2 is 1.68 bits per heavy atom. The topological polar surface area (TPSA) is 38.7 Å². The van der Waals surface area contributed by atoms with Crippen LogP contribution in [0.15, 0.2) is 42.5 Å². The standard InChI is InChI=1S/C16H18O3/c1-3-18-14-5-7-15(8-6-14)19-16-9-4-12(2)10-13(16)11-17/h4-10,17H,3,11H2,1-2H3. The van der Waals surface area contributed by atoms with Gasteiger partial charge in [-0.1, -0.05) is 17.7 Å². The third-order valence-corrected chi connectivity index (χ3v) is 2.75. The minimum Gasteiger partial charge on any atom is -0.494 e. The maximum atomic E-state index is 9.33. The highest BCUT2D eigenvalue weighted by atomic mass is 16.5. The lowest BCUT2D eigenvalue weighted by molar-refractivity contribution is 0.276. The molecule has 3 nitrogen and oxygen atoms in total. The van der Waals surface area contributed by atoms with Crippen molar-refractivity contribution in [3.63, 3.8) is 0 Å². The number of aliphatic hydroxyl groups is 1. The third kappa shape index (κ3) is 3.48. The van der Waals surface area contributed by atoms with Crippen LogP contribution in [-0.4, -0.2) is 11.7 Å². The first-order valence-corrected chi connectivity index (χ1v) is 6.34. The molecule has 0 aromatic heterocycles. The molecule has 3 heteroatoms. The number of ether oxygens (including phenoxy) is 2. The number of hydrogen-bond acceptors (Lipinski definition) is 3. The zero-order chi connectivity index (χ0) is 13.7. The van der Waals surface area contributed by atoms with Crippen molar-refractivity contribution in [3.05, 3.63) is 53.6 Å². The molecule has 0 atom stereocenters. The summed E-state index contributed by atoms with van der Waals surface area (Å²) in [4.78, 5) is 0. The molecule has 0 heterocycles. The van der Waals surface area contributed by atoms with E-state index in [2.05, 4.69) is 0 Å². The third-order valence-electron chi connectivity index (χ3n) is 2.75. The van der Waals surface area contributed by atoms with E-state index in [1.807, 2.05) is 56.3 Å². The monoisotopic (exact) mass is 258 g/mol. The highest BCUT2D eigenvalue weighted by Gasteiger charge is 2.05. The molecule has 100 valence electrons. The van der Waals surface area contributed by atoms with Crippen molar-refractivity contribution in [1.29, 1.82) is 0 Å². The Bertz CT molecular complexity index is 532. The Balaban J connectivity index is 2.16. The summed E-state index contributed by atoms with van der Waals surface area (Å²) in [5, 5.41) is 9.33. The molecule has 0 bridgehead atoms. The van der Waals surface area contributed by atoms with E-state index in [0.717, 1.165) is 22.6 Å². The fourth-order valence-corrected chi connectivity index (χ4v) is 1.83. The van der Waals surface area contributed by atoms with Gasteiger partial charge in [0.2, 0.25) is 0 Å². The van der Waals surface area contributed by atoms with Gasteiger partial charge in [-0.3, -0.25) is 0 Å². The average molecular weight is 258 g/mol. The number of benzene rings is 2. The molecule has 0 unspecified atom stereocenters. The van der Waals surface area contributed by atoms with Crippen molar-refractivity contribution in [2.24, 2.45) is 0 Å². The van der Waals surface area contributed by atoms with Gasteiger partial charge < -0.3 is 14.6 Å². The van der Waals surface area contributed by atoms with Crippen molar-refractivity contribution >= 4 is 0 Å². The summed E-state index contributed by atoms with van der Waals surface area (Å²) < 4.78 is 11.1. The van der Waals surface area contributed by atoms with E-state index in [1.54, 1.807) is 0 Å². The molecule has 2 aromatic carbocycles. The van der Waals surface area contributed by atoms with Gasteiger partial charge in [-0.2, -0.15) is 0 Å². The van der Waals surface area contributed by atoms with Gasteiger partial charge in [-0.15, -0.1) is 0 Å². The van der Waals surface area contributed by atoms with Crippen LogP contribution in [0.5, 0.6) is 17.2 Å². The number of hydrogen-bond donors (Lipinski definition) is 1. The molecular weight excluding hydrogens is 240 g/mol.